The minimum atomic E-state index is -1.05. The Morgan fingerprint density at radius 3 is 2.75 bits per heavy atom. The van der Waals surface area contributed by atoms with E-state index in [4.69, 9.17) is 4.74 Å². The van der Waals surface area contributed by atoms with E-state index in [2.05, 4.69) is 10.3 Å². The van der Waals surface area contributed by atoms with Gasteiger partial charge in [-0.1, -0.05) is 13.3 Å². The molecule has 110 valence electrons. The van der Waals surface area contributed by atoms with E-state index >= 15 is 0 Å². The van der Waals surface area contributed by atoms with Crippen LogP contribution >= 0.6 is 0 Å². The summed E-state index contributed by atoms with van der Waals surface area (Å²) < 4.78 is 4.77. The highest BCUT2D eigenvalue weighted by molar-refractivity contribution is 5.84. The minimum absolute atomic E-state index is 0.0800. The van der Waals surface area contributed by atoms with Crippen molar-refractivity contribution in [2.24, 2.45) is 0 Å². The molecule has 1 aromatic rings. The van der Waals surface area contributed by atoms with Gasteiger partial charge in [-0.05, 0) is 26.3 Å². The molecule has 20 heavy (non-hydrogen) atoms. The SMILES string of the molecule is CCCC(C)(Nc1nccc(C)c1[N+](=O)[O-])C(=O)OC. The second-order valence-corrected chi connectivity index (χ2v) is 4.78. The number of pyridine rings is 1. The van der Waals surface area contributed by atoms with Crippen LogP contribution in [0.25, 0.3) is 0 Å². The first-order valence-corrected chi connectivity index (χ1v) is 6.32. The third-order valence-electron chi connectivity index (χ3n) is 3.09. The summed E-state index contributed by atoms with van der Waals surface area (Å²) in [4.78, 5) is 26.5. The summed E-state index contributed by atoms with van der Waals surface area (Å²) in [6.45, 7) is 5.19. The van der Waals surface area contributed by atoms with Gasteiger partial charge in [0.15, 0.2) is 0 Å². The summed E-state index contributed by atoms with van der Waals surface area (Å²) in [5.74, 6) is -0.395. The standard InChI is InChI=1S/C13H19N3O4/c1-5-7-13(3,12(17)20-4)15-11-10(16(18)19)9(2)6-8-14-11/h6,8H,5,7H2,1-4H3,(H,14,15). The zero-order valence-electron chi connectivity index (χ0n) is 12.1. The van der Waals surface area contributed by atoms with Crippen molar-refractivity contribution in [2.45, 2.75) is 39.2 Å². The molecular formula is C13H19N3O4. The van der Waals surface area contributed by atoms with Gasteiger partial charge in [0, 0.05) is 11.8 Å². The van der Waals surface area contributed by atoms with E-state index < -0.39 is 16.4 Å². The molecule has 0 amide bonds. The molecule has 0 bridgehead atoms. The second-order valence-electron chi connectivity index (χ2n) is 4.78. The van der Waals surface area contributed by atoms with E-state index in [0.717, 1.165) is 6.42 Å². The number of hydrogen-bond acceptors (Lipinski definition) is 6. The van der Waals surface area contributed by atoms with Crippen molar-refractivity contribution >= 4 is 17.5 Å². The molecule has 0 aromatic carbocycles. The van der Waals surface area contributed by atoms with Crippen LogP contribution in [0.15, 0.2) is 12.3 Å². The normalized spacial score (nSPS) is 13.4. The first kappa shape index (κ1) is 15.9. The molecule has 0 aliphatic heterocycles. The van der Waals surface area contributed by atoms with Crippen molar-refractivity contribution < 1.29 is 14.5 Å². The number of aryl methyl sites for hydroxylation is 1. The van der Waals surface area contributed by atoms with E-state index in [9.17, 15) is 14.9 Å². The van der Waals surface area contributed by atoms with Crippen molar-refractivity contribution in [1.29, 1.82) is 0 Å². The molecule has 1 N–H and O–H groups in total. The molecule has 1 unspecified atom stereocenters. The summed E-state index contributed by atoms with van der Waals surface area (Å²) >= 11 is 0. The Hall–Kier alpha value is -2.18. The molecule has 1 atom stereocenters. The number of nitrogens with one attached hydrogen (secondary N) is 1. The van der Waals surface area contributed by atoms with Crippen LogP contribution in [0.2, 0.25) is 0 Å². The summed E-state index contributed by atoms with van der Waals surface area (Å²) in [6, 6.07) is 1.55. The van der Waals surface area contributed by atoms with Gasteiger partial charge in [0.25, 0.3) is 0 Å². The van der Waals surface area contributed by atoms with Crippen molar-refractivity contribution in [3.63, 3.8) is 0 Å². The lowest BCUT2D eigenvalue weighted by Gasteiger charge is -2.27. The number of ether oxygens (including phenoxy) is 1. The first-order valence-electron chi connectivity index (χ1n) is 6.32. The highest BCUT2D eigenvalue weighted by atomic mass is 16.6. The maximum Gasteiger partial charge on any atom is 0.331 e. The number of carbonyl (C=O) groups excluding carboxylic acids is 1. The number of nitro groups is 1. The van der Waals surface area contributed by atoms with Crippen molar-refractivity contribution in [3.05, 3.63) is 27.9 Å². The van der Waals surface area contributed by atoms with Crippen molar-refractivity contribution in [2.75, 3.05) is 12.4 Å². The molecule has 0 saturated carbocycles. The molecule has 1 rings (SSSR count). The number of hydrogen-bond donors (Lipinski definition) is 1. The van der Waals surface area contributed by atoms with Gasteiger partial charge >= 0.3 is 11.7 Å². The van der Waals surface area contributed by atoms with Crippen LogP contribution in [-0.2, 0) is 9.53 Å². The fourth-order valence-corrected chi connectivity index (χ4v) is 2.07. The Kier molecular flexibility index (Phi) is 5.01. The summed E-state index contributed by atoms with van der Waals surface area (Å²) in [5, 5.41) is 14.0. The highest BCUT2D eigenvalue weighted by Gasteiger charge is 2.36. The fraction of sp³-hybridized carbons (Fsp3) is 0.538. The Bertz CT molecular complexity index is 518. The zero-order valence-corrected chi connectivity index (χ0v) is 12.1. The monoisotopic (exact) mass is 281 g/mol. The summed E-state index contributed by atoms with van der Waals surface area (Å²) in [5.41, 5.74) is -0.690. The molecule has 7 nitrogen and oxygen atoms in total. The van der Waals surface area contributed by atoms with Crippen LogP contribution in [0, 0.1) is 17.0 Å². The van der Waals surface area contributed by atoms with Gasteiger partial charge < -0.3 is 10.1 Å². The lowest BCUT2D eigenvalue weighted by Crippen LogP contribution is -2.44. The quantitative estimate of drug-likeness (QED) is 0.489. The third kappa shape index (κ3) is 3.23. The molecule has 0 fully saturated rings. The zero-order chi connectivity index (χ0) is 15.3. The number of nitrogens with zero attached hydrogens (tertiary/aromatic N) is 2. The molecule has 0 saturated heterocycles. The highest BCUT2D eigenvalue weighted by Crippen LogP contribution is 2.29. The van der Waals surface area contributed by atoms with Crippen LogP contribution in [0.1, 0.15) is 32.3 Å². The predicted octanol–water partition coefficient (Wildman–Crippen LogP) is 2.44. The van der Waals surface area contributed by atoms with Gasteiger partial charge in [-0.3, -0.25) is 10.1 Å². The largest absolute Gasteiger partial charge is 0.467 e. The maximum absolute atomic E-state index is 11.9. The Balaban J connectivity index is 3.22. The third-order valence-corrected chi connectivity index (χ3v) is 3.09. The van der Waals surface area contributed by atoms with Gasteiger partial charge in [-0.25, -0.2) is 9.78 Å². The molecule has 0 radical (unpaired) electrons. The van der Waals surface area contributed by atoms with E-state index in [1.54, 1.807) is 19.9 Å². The van der Waals surface area contributed by atoms with Crippen LogP contribution in [0.4, 0.5) is 11.5 Å². The minimum Gasteiger partial charge on any atom is -0.467 e. The van der Waals surface area contributed by atoms with Gasteiger partial charge in [0.2, 0.25) is 5.82 Å². The number of carbonyl (C=O) groups is 1. The lowest BCUT2D eigenvalue weighted by molar-refractivity contribution is -0.384. The van der Waals surface area contributed by atoms with E-state index in [0.29, 0.717) is 12.0 Å². The second kappa shape index (κ2) is 6.31. The molecule has 0 aliphatic rings. The Morgan fingerprint density at radius 1 is 1.60 bits per heavy atom. The number of anilines is 1. The molecule has 0 spiro atoms. The van der Waals surface area contributed by atoms with Crippen LogP contribution in [0.3, 0.4) is 0 Å². The van der Waals surface area contributed by atoms with Gasteiger partial charge in [0.1, 0.15) is 5.54 Å². The molecule has 1 aromatic heterocycles. The summed E-state index contributed by atoms with van der Waals surface area (Å²) in [6.07, 6.45) is 2.67. The van der Waals surface area contributed by atoms with E-state index in [1.807, 2.05) is 6.92 Å². The van der Waals surface area contributed by atoms with Gasteiger partial charge in [0.05, 0.1) is 12.0 Å². The number of aromatic nitrogens is 1. The van der Waals surface area contributed by atoms with E-state index in [1.165, 1.54) is 13.3 Å². The average molecular weight is 281 g/mol. The van der Waals surface area contributed by atoms with E-state index in [-0.39, 0.29) is 11.5 Å². The number of methoxy groups -OCH3 is 1. The summed E-state index contributed by atoms with van der Waals surface area (Å²) in [7, 11) is 1.29. The fourth-order valence-electron chi connectivity index (χ4n) is 2.07. The average Bonchev–Trinajstić information content (AvgIpc) is 2.37. The van der Waals surface area contributed by atoms with Crippen LogP contribution < -0.4 is 5.32 Å². The first-order chi connectivity index (χ1) is 9.35. The molecular weight excluding hydrogens is 262 g/mol. The van der Waals surface area contributed by atoms with Crippen LogP contribution in [0.5, 0.6) is 0 Å². The Morgan fingerprint density at radius 2 is 2.25 bits per heavy atom. The number of esters is 1. The van der Waals surface area contributed by atoms with Crippen molar-refractivity contribution in [3.8, 4) is 0 Å². The predicted molar refractivity (Wildman–Crippen MR) is 74.6 cm³/mol. The van der Waals surface area contributed by atoms with Gasteiger partial charge in [-0.2, -0.15) is 0 Å². The van der Waals surface area contributed by atoms with Crippen molar-refractivity contribution in [1.82, 2.24) is 4.98 Å². The topological polar surface area (TPSA) is 94.4 Å². The number of rotatable bonds is 6. The molecule has 1 heterocycles. The maximum atomic E-state index is 11.9. The Labute approximate surface area is 117 Å². The van der Waals surface area contributed by atoms with Gasteiger partial charge in [-0.15, -0.1) is 0 Å². The smallest absolute Gasteiger partial charge is 0.331 e. The van der Waals surface area contributed by atoms with Crippen LogP contribution in [-0.4, -0.2) is 28.5 Å². The lowest BCUT2D eigenvalue weighted by atomic mass is 9.96. The molecule has 7 heteroatoms. The molecule has 0 aliphatic carbocycles.